The van der Waals surface area contributed by atoms with E-state index in [0.717, 1.165) is 18.4 Å². The average Bonchev–Trinajstić information content (AvgIpc) is 2.38. The second-order valence-corrected chi connectivity index (χ2v) is 4.95. The summed E-state index contributed by atoms with van der Waals surface area (Å²) in [4.78, 5) is 13.6. The number of halogens is 1. The van der Waals surface area contributed by atoms with Crippen LogP contribution in [0.5, 0.6) is 0 Å². The third kappa shape index (κ3) is 1.54. The molecule has 7 heteroatoms. The van der Waals surface area contributed by atoms with E-state index >= 15 is 0 Å². The Morgan fingerprint density at radius 3 is 2.67 bits per heavy atom. The van der Waals surface area contributed by atoms with Gasteiger partial charge in [0.15, 0.2) is 0 Å². The highest BCUT2D eigenvalue weighted by Gasteiger charge is 2.14. The van der Waals surface area contributed by atoms with Crippen LogP contribution in [0.1, 0.15) is 0 Å². The molecule has 2 rings (SSSR count). The molecule has 0 aliphatic carbocycles. The number of hydrogen-bond acceptors (Lipinski definition) is 3. The SMILES string of the molecule is CS(=O)(=O)n1c(=O)[nH]c2cc(F)ccc21. The molecule has 15 heavy (non-hydrogen) atoms. The van der Waals surface area contributed by atoms with Gasteiger partial charge in [0.2, 0.25) is 10.0 Å². The molecule has 0 unspecified atom stereocenters. The fourth-order valence-electron chi connectivity index (χ4n) is 1.39. The van der Waals surface area contributed by atoms with Crippen molar-refractivity contribution in [3.8, 4) is 0 Å². The quantitative estimate of drug-likeness (QED) is 0.764. The summed E-state index contributed by atoms with van der Waals surface area (Å²) in [6, 6.07) is 3.40. The zero-order chi connectivity index (χ0) is 11.2. The van der Waals surface area contributed by atoms with Crippen LogP contribution in [-0.2, 0) is 10.0 Å². The molecule has 1 aromatic carbocycles. The van der Waals surface area contributed by atoms with Gasteiger partial charge in [-0.05, 0) is 18.2 Å². The summed E-state index contributed by atoms with van der Waals surface area (Å²) in [5, 5.41) is 0. The van der Waals surface area contributed by atoms with Gasteiger partial charge < -0.3 is 4.98 Å². The van der Waals surface area contributed by atoms with Crippen molar-refractivity contribution >= 4 is 21.1 Å². The molecule has 5 nitrogen and oxygen atoms in total. The first-order chi connectivity index (χ1) is 6.89. The fraction of sp³-hybridized carbons (Fsp3) is 0.125. The number of nitrogens with one attached hydrogen (secondary N) is 1. The van der Waals surface area contributed by atoms with Crippen molar-refractivity contribution in [2.45, 2.75) is 0 Å². The predicted molar refractivity (Wildman–Crippen MR) is 52.8 cm³/mol. The van der Waals surface area contributed by atoms with Crippen LogP contribution >= 0.6 is 0 Å². The largest absolute Gasteiger partial charge is 0.340 e. The van der Waals surface area contributed by atoms with E-state index in [1.54, 1.807) is 0 Å². The van der Waals surface area contributed by atoms with E-state index in [9.17, 15) is 17.6 Å². The molecular weight excluding hydrogens is 223 g/mol. The van der Waals surface area contributed by atoms with Gasteiger partial charge in [-0.25, -0.2) is 17.6 Å². The van der Waals surface area contributed by atoms with Crippen molar-refractivity contribution in [1.82, 2.24) is 8.96 Å². The lowest BCUT2D eigenvalue weighted by Gasteiger charge is -1.98. The van der Waals surface area contributed by atoms with Gasteiger partial charge >= 0.3 is 5.69 Å². The normalized spacial score (nSPS) is 12.1. The highest BCUT2D eigenvalue weighted by molar-refractivity contribution is 7.89. The maximum atomic E-state index is 12.8. The smallest absolute Gasteiger partial charge is 0.305 e. The lowest BCUT2D eigenvalue weighted by atomic mass is 10.3. The standard InChI is InChI=1S/C8H7FN2O3S/c1-15(13,14)11-7-3-2-5(9)4-6(7)10-8(11)12/h2-4H,1H3,(H,10,12). The van der Waals surface area contributed by atoms with Crippen LogP contribution in [0, 0.1) is 5.82 Å². The number of nitrogens with zero attached hydrogens (tertiary/aromatic N) is 1. The van der Waals surface area contributed by atoms with E-state index in [2.05, 4.69) is 4.98 Å². The number of aromatic amines is 1. The monoisotopic (exact) mass is 230 g/mol. The molecule has 80 valence electrons. The minimum absolute atomic E-state index is 0.143. The number of benzene rings is 1. The third-order valence-corrected chi connectivity index (χ3v) is 2.96. The van der Waals surface area contributed by atoms with Gasteiger partial charge in [0.05, 0.1) is 17.3 Å². The summed E-state index contributed by atoms with van der Waals surface area (Å²) in [6.07, 6.45) is 0.908. The first kappa shape index (κ1) is 9.91. The molecule has 1 N–H and O–H groups in total. The van der Waals surface area contributed by atoms with Crippen molar-refractivity contribution in [2.24, 2.45) is 0 Å². The number of imidazole rings is 1. The third-order valence-electron chi connectivity index (χ3n) is 1.94. The molecule has 0 saturated heterocycles. The lowest BCUT2D eigenvalue weighted by Crippen LogP contribution is -2.23. The number of rotatable bonds is 1. The molecule has 0 aliphatic heterocycles. The Bertz CT molecular complexity index is 683. The highest BCUT2D eigenvalue weighted by atomic mass is 32.2. The Hall–Kier alpha value is -1.63. The molecule has 1 heterocycles. The van der Waals surface area contributed by atoms with Gasteiger partial charge in [-0.15, -0.1) is 0 Å². The summed E-state index contributed by atoms with van der Waals surface area (Å²) >= 11 is 0. The van der Waals surface area contributed by atoms with E-state index in [-0.39, 0.29) is 11.0 Å². The summed E-state index contributed by atoms with van der Waals surface area (Å²) in [6.45, 7) is 0. The van der Waals surface area contributed by atoms with Crippen molar-refractivity contribution in [3.63, 3.8) is 0 Å². The van der Waals surface area contributed by atoms with Gasteiger partial charge in [-0.1, -0.05) is 0 Å². The molecule has 0 amide bonds. The molecule has 0 bridgehead atoms. The van der Waals surface area contributed by atoms with Crippen LogP contribution in [0.25, 0.3) is 11.0 Å². The van der Waals surface area contributed by atoms with Crippen LogP contribution in [0.15, 0.2) is 23.0 Å². The minimum atomic E-state index is -3.68. The topological polar surface area (TPSA) is 71.9 Å². The Labute approximate surface area is 84.2 Å². The Morgan fingerprint density at radius 2 is 2.07 bits per heavy atom. The zero-order valence-corrected chi connectivity index (χ0v) is 8.51. The van der Waals surface area contributed by atoms with E-state index in [0.29, 0.717) is 3.97 Å². The van der Waals surface area contributed by atoms with Crippen LogP contribution in [0.4, 0.5) is 4.39 Å². The van der Waals surface area contributed by atoms with E-state index in [1.807, 2.05) is 0 Å². The molecule has 0 spiro atoms. The van der Waals surface area contributed by atoms with Crippen LogP contribution < -0.4 is 5.69 Å². The van der Waals surface area contributed by atoms with Crippen LogP contribution in [-0.4, -0.2) is 23.6 Å². The van der Waals surface area contributed by atoms with Crippen molar-refractivity contribution in [3.05, 3.63) is 34.5 Å². The van der Waals surface area contributed by atoms with Gasteiger partial charge in [0.1, 0.15) is 5.82 Å². The van der Waals surface area contributed by atoms with Gasteiger partial charge in [0.25, 0.3) is 0 Å². The fourth-order valence-corrected chi connectivity index (χ4v) is 2.25. The van der Waals surface area contributed by atoms with Crippen molar-refractivity contribution < 1.29 is 12.8 Å². The van der Waals surface area contributed by atoms with Gasteiger partial charge in [-0.3, -0.25) is 0 Å². The summed E-state index contributed by atoms with van der Waals surface area (Å²) in [5.74, 6) is -0.538. The average molecular weight is 230 g/mol. The lowest BCUT2D eigenvalue weighted by molar-refractivity contribution is 0.593. The molecule has 0 atom stereocenters. The number of H-pyrrole nitrogens is 1. The molecule has 0 aliphatic rings. The Balaban J connectivity index is 2.99. The Morgan fingerprint density at radius 1 is 1.40 bits per heavy atom. The molecule has 0 fully saturated rings. The van der Waals surface area contributed by atoms with Crippen LogP contribution in [0.2, 0.25) is 0 Å². The van der Waals surface area contributed by atoms with Gasteiger partial charge in [0, 0.05) is 0 Å². The summed E-state index contributed by atoms with van der Waals surface area (Å²) < 4.78 is 35.9. The van der Waals surface area contributed by atoms with Crippen molar-refractivity contribution in [2.75, 3.05) is 6.26 Å². The zero-order valence-electron chi connectivity index (χ0n) is 7.69. The molecule has 0 radical (unpaired) electrons. The van der Waals surface area contributed by atoms with Crippen LogP contribution in [0.3, 0.4) is 0 Å². The summed E-state index contributed by atoms with van der Waals surface area (Å²) in [7, 11) is -3.68. The first-order valence-corrected chi connectivity index (χ1v) is 5.85. The second kappa shape index (κ2) is 2.93. The number of hydrogen-bond donors (Lipinski definition) is 1. The maximum absolute atomic E-state index is 12.8. The van der Waals surface area contributed by atoms with E-state index in [4.69, 9.17) is 0 Å². The Kier molecular flexibility index (Phi) is 1.93. The van der Waals surface area contributed by atoms with E-state index in [1.165, 1.54) is 6.07 Å². The molecule has 0 saturated carbocycles. The highest BCUT2D eigenvalue weighted by Crippen LogP contribution is 2.12. The molecular formula is C8H7FN2O3S. The molecule has 2 aromatic rings. The van der Waals surface area contributed by atoms with Gasteiger partial charge in [-0.2, -0.15) is 3.97 Å². The maximum Gasteiger partial charge on any atom is 0.340 e. The predicted octanol–water partition coefficient (Wildman–Crippen LogP) is 0.276. The second-order valence-electron chi connectivity index (χ2n) is 3.12. The first-order valence-electron chi connectivity index (χ1n) is 4.00. The number of fused-ring (bicyclic) bond motifs is 1. The number of aromatic nitrogens is 2. The summed E-state index contributed by atoms with van der Waals surface area (Å²) in [5.41, 5.74) is -0.493. The van der Waals surface area contributed by atoms with Crippen molar-refractivity contribution in [1.29, 1.82) is 0 Å². The van der Waals surface area contributed by atoms with E-state index < -0.39 is 21.5 Å². The molecule has 1 aromatic heterocycles. The minimum Gasteiger partial charge on any atom is -0.305 e.